The molecule has 1 aliphatic rings. The number of aromatic carboxylic acids is 1. The predicted molar refractivity (Wildman–Crippen MR) is 76.0 cm³/mol. The molecule has 3 rings (SSSR count). The Morgan fingerprint density at radius 1 is 0.952 bits per heavy atom. The van der Waals surface area contributed by atoms with E-state index in [0.29, 0.717) is 0 Å². The van der Waals surface area contributed by atoms with Crippen LogP contribution >= 0.6 is 11.6 Å². The zero-order valence-corrected chi connectivity index (χ0v) is 11.3. The van der Waals surface area contributed by atoms with Crippen molar-refractivity contribution in [2.45, 2.75) is 0 Å². The van der Waals surface area contributed by atoms with E-state index in [4.69, 9.17) is 11.6 Å². The standard InChI is InChI=1S/C15H8ClNO4/c16-10-6-3-7-11(12(10)15(20)21)17-13(18)8-4-1-2-5-9(8)14(17)19/h1-7H,(H,20,21). The van der Waals surface area contributed by atoms with Crippen molar-refractivity contribution in [3.8, 4) is 0 Å². The average Bonchev–Trinajstić information content (AvgIpc) is 2.71. The van der Waals surface area contributed by atoms with Crippen molar-refractivity contribution in [3.63, 3.8) is 0 Å². The van der Waals surface area contributed by atoms with Crippen LogP contribution in [0.1, 0.15) is 31.1 Å². The largest absolute Gasteiger partial charge is 0.478 e. The number of rotatable bonds is 2. The Labute approximate surface area is 124 Å². The smallest absolute Gasteiger partial charge is 0.339 e. The third kappa shape index (κ3) is 1.90. The van der Waals surface area contributed by atoms with E-state index in [1.165, 1.54) is 30.3 Å². The number of carboxylic acid groups (broad SMARTS) is 1. The fraction of sp³-hybridized carbons (Fsp3) is 0. The number of anilines is 1. The van der Waals surface area contributed by atoms with Gasteiger partial charge in [-0.2, -0.15) is 0 Å². The quantitative estimate of drug-likeness (QED) is 0.866. The third-order valence-electron chi connectivity index (χ3n) is 3.24. The van der Waals surface area contributed by atoms with Gasteiger partial charge in [-0.15, -0.1) is 0 Å². The number of fused-ring (bicyclic) bond motifs is 1. The van der Waals surface area contributed by atoms with Gasteiger partial charge in [-0.1, -0.05) is 29.8 Å². The molecule has 0 aromatic heterocycles. The summed E-state index contributed by atoms with van der Waals surface area (Å²) in [6, 6.07) is 10.6. The van der Waals surface area contributed by atoms with Crippen LogP contribution in [0.25, 0.3) is 0 Å². The second kappa shape index (κ2) is 4.71. The molecule has 1 heterocycles. The summed E-state index contributed by atoms with van der Waals surface area (Å²) in [6.45, 7) is 0. The number of hydrogen-bond donors (Lipinski definition) is 1. The van der Waals surface area contributed by atoms with E-state index in [1.807, 2.05) is 0 Å². The Hall–Kier alpha value is -2.66. The van der Waals surface area contributed by atoms with E-state index in [9.17, 15) is 19.5 Å². The molecule has 5 nitrogen and oxygen atoms in total. The molecule has 0 saturated heterocycles. The molecule has 0 atom stereocenters. The Morgan fingerprint density at radius 2 is 1.52 bits per heavy atom. The minimum Gasteiger partial charge on any atom is -0.478 e. The lowest BCUT2D eigenvalue weighted by Gasteiger charge is -2.17. The maximum absolute atomic E-state index is 12.4. The number of benzene rings is 2. The molecule has 0 fully saturated rings. The second-order valence-electron chi connectivity index (χ2n) is 4.43. The first-order valence-corrected chi connectivity index (χ1v) is 6.40. The molecule has 0 spiro atoms. The maximum atomic E-state index is 12.4. The molecule has 0 radical (unpaired) electrons. The Bertz CT molecular complexity index is 765. The summed E-state index contributed by atoms with van der Waals surface area (Å²) in [5.41, 5.74) is 0.201. The molecule has 2 aromatic carbocycles. The molecular weight excluding hydrogens is 294 g/mol. The summed E-state index contributed by atoms with van der Waals surface area (Å²) in [5.74, 6) is -2.41. The maximum Gasteiger partial charge on any atom is 0.339 e. The number of nitrogens with zero attached hydrogens (tertiary/aromatic N) is 1. The van der Waals surface area contributed by atoms with Gasteiger partial charge >= 0.3 is 5.97 Å². The number of carboxylic acids is 1. The Balaban J connectivity index is 2.21. The number of amides is 2. The lowest BCUT2D eigenvalue weighted by atomic mass is 10.1. The lowest BCUT2D eigenvalue weighted by molar-refractivity contribution is 0.0698. The fourth-order valence-electron chi connectivity index (χ4n) is 2.32. The molecule has 2 amide bonds. The summed E-state index contributed by atoms with van der Waals surface area (Å²) < 4.78 is 0. The molecule has 6 heteroatoms. The van der Waals surface area contributed by atoms with Crippen LogP contribution in [0.3, 0.4) is 0 Å². The molecule has 0 aliphatic carbocycles. The third-order valence-corrected chi connectivity index (χ3v) is 3.56. The lowest BCUT2D eigenvalue weighted by Crippen LogP contribution is -2.31. The van der Waals surface area contributed by atoms with Crippen molar-refractivity contribution in [2.24, 2.45) is 0 Å². The van der Waals surface area contributed by atoms with Crippen LogP contribution in [0.2, 0.25) is 5.02 Å². The molecule has 0 unspecified atom stereocenters. The first-order chi connectivity index (χ1) is 10.0. The van der Waals surface area contributed by atoms with Gasteiger partial charge in [0.05, 0.1) is 21.8 Å². The molecule has 0 bridgehead atoms. The first kappa shape index (κ1) is 13.3. The van der Waals surface area contributed by atoms with Crippen LogP contribution < -0.4 is 4.90 Å². The topological polar surface area (TPSA) is 74.7 Å². The highest BCUT2D eigenvalue weighted by Crippen LogP contribution is 2.33. The summed E-state index contributed by atoms with van der Waals surface area (Å²) in [7, 11) is 0. The van der Waals surface area contributed by atoms with E-state index in [2.05, 4.69) is 0 Å². The van der Waals surface area contributed by atoms with Gasteiger partial charge in [0.1, 0.15) is 5.56 Å². The van der Waals surface area contributed by atoms with Crippen molar-refractivity contribution < 1.29 is 19.5 Å². The van der Waals surface area contributed by atoms with E-state index in [-0.39, 0.29) is 27.4 Å². The summed E-state index contributed by atoms with van der Waals surface area (Å²) in [5, 5.41) is 9.23. The van der Waals surface area contributed by atoms with Crippen LogP contribution in [-0.4, -0.2) is 22.9 Å². The van der Waals surface area contributed by atoms with E-state index >= 15 is 0 Å². The monoisotopic (exact) mass is 301 g/mol. The fourth-order valence-corrected chi connectivity index (χ4v) is 2.57. The van der Waals surface area contributed by atoms with Gasteiger partial charge in [0.15, 0.2) is 0 Å². The predicted octanol–water partition coefficient (Wildman–Crippen LogP) is 2.84. The molecule has 104 valence electrons. The number of carbonyl (C=O) groups is 3. The van der Waals surface area contributed by atoms with Gasteiger partial charge in [0, 0.05) is 0 Å². The molecule has 0 saturated carbocycles. The normalized spacial score (nSPS) is 13.5. The van der Waals surface area contributed by atoms with Crippen molar-refractivity contribution in [3.05, 3.63) is 64.2 Å². The van der Waals surface area contributed by atoms with E-state index in [1.54, 1.807) is 12.1 Å². The second-order valence-corrected chi connectivity index (χ2v) is 4.84. The van der Waals surface area contributed by atoms with Gasteiger partial charge in [-0.05, 0) is 24.3 Å². The SMILES string of the molecule is O=C(O)c1c(Cl)cccc1N1C(=O)c2ccccc2C1=O. The van der Waals surface area contributed by atoms with Gasteiger partial charge in [-0.25, -0.2) is 9.69 Å². The molecule has 2 aromatic rings. The Morgan fingerprint density at radius 3 is 2.05 bits per heavy atom. The van der Waals surface area contributed by atoms with Crippen LogP contribution in [0, 0.1) is 0 Å². The minimum atomic E-state index is -1.30. The van der Waals surface area contributed by atoms with Crippen molar-refractivity contribution in [1.29, 1.82) is 0 Å². The average molecular weight is 302 g/mol. The Kier molecular flexibility index (Phi) is 2.99. The number of imide groups is 1. The van der Waals surface area contributed by atoms with Crippen molar-refractivity contribution in [1.82, 2.24) is 0 Å². The van der Waals surface area contributed by atoms with Gasteiger partial charge in [0.2, 0.25) is 0 Å². The molecule has 1 aliphatic heterocycles. The summed E-state index contributed by atoms with van der Waals surface area (Å²) >= 11 is 5.88. The first-order valence-electron chi connectivity index (χ1n) is 6.02. The minimum absolute atomic E-state index is 0.0267. The molecular formula is C15H8ClNO4. The molecule has 21 heavy (non-hydrogen) atoms. The number of carbonyl (C=O) groups excluding carboxylic acids is 2. The number of hydrogen-bond acceptors (Lipinski definition) is 3. The molecule has 1 N–H and O–H groups in total. The zero-order chi connectivity index (χ0) is 15.1. The van der Waals surface area contributed by atoms with E-state index in [0.717, 1.165) is 4.90 Å². The summed E-state index contributed by atoms with van der Waals surface area (Å²) in [6.07, 6.45) is 0. The van der Waals surface area contributed by atoms with Crippen LogP contribution in [0.15, 0.2) is 42.5 Å². The highest BCUT2D eigenvalue weighted by atomic mass is 35.5. The van der Waals surface area contributed by atoms with E-state index < -0.39 is 17.8 Å². The summed E-state index contributed by atoms with van der Waals surface area (Å²) in [4.78, 5) is 36.9. The van der Waals surface area contributed by atoms with Crippen LogP contribution in [0.4, 0.5) is 5.69 Å². The number of halogens is 1. The highest BCUT2D eigenvalue weighted by molar-refractivity contribution is 6.38. The highest BCUT2D eigenvalue weighted by Gasteiger charge is 2.38. The van der Waals surface area contributed by atoms with Gasteiger partial charge in [-0.3, -0.25) is 9.59 Å². The van der Waals surface area contributed by atoms with Gasteiger partial charge in [0.25, 0.3) is 11.8 Å². The van der Waals surface area contributed by atoms with Crippen LogP contribution in [-0.2, 0) is 0 Å². The van der Waals surface area contributed by atoms with Crippen molar-refractivity contribution in [2.75, 3.05) is 4.90 Å². The van der Waals surface area contributed by atoms with Gasteiger partial charge < -0.3 is 5.11 Å². The zero-order valence-electron chi connectivity index (χ0n) is 10.5. The van der Waals surface area contributed by atoms with Crippen LogP contribution in [0.5, 0.6) is 0 Å². The van der Waals surface area contributed by atoms with Crippen molar-refractivity contribution >= 4 is 35.1 Å².